The molecular formula is C23H32O3Si. The van der Waals surface area contributed by atoms with Crippen LogP contribution in [0.5, 0.6) is 0 Å². The summed E-state index contributed by atoms with van der Waals surface area (Å²) in [4.78, 5) is 0. The molecule has 1 atom stereocenters. The van der Waals surface area contributed by atoms with Crippen molar-refractivity contribution in [1.82, 2.24) is 0 Å². The van der Waals surface area contributed by atoms with E-state index < -0.39 is 14.1 Å². The zero-order valence-electron chi connectivity index (χ0n) is 17.2. The monoisotopic (exact) mass is 384 g/mol. The van der Waals surface area contributed by atoms with Crippen LogP contribution >= 0.6 is 0 Å². The van der Waals surface area contributed by atoms with Gasteiger partial charge in [-0.1, -0.05) is 81.4 Å². The van der Waals surface area contributed by atoms with Crippen LogP contribution < -0.4 is 10.4 Å². The van der Waals surface area contributed by atoms with E-state index >= 15 is 0 Å². The van der Waals surface area contributed by atoms with Gasteiger partial charge in [0.1, 0.15) is 0 Å². The number of ether oxygens (including phenoxy) is 2. The molecule has 0 bridgehead atoms. The molecule has 0 radical (unpaired) electrons. The Morgan fingerprint density at radius 3 is 1.89 bits per heavy atom. The molecule has 0 unspecified atom stereocenters. The Bertz CT molecular complexity index is 683. The molecule has 0 N–H and O–H groups in total. The summed E-state index contributed by atoms with van der Waals surface area (Å²) in [6, 6.07) is 21.5. The Balaban J connectivity index is 1.90. The van der Waals surface area contributed by atoms with Crippen LogP contribution in [0, 0.1) is 0 Å². The average Bonchev–Trinajstić information content (AvgIpc) is 2.98. The van der Waals surface area contributed by atoms with E-state index in [-0.39, 0.29) is 11.1 Å². The van der Waals surface area contributed by atoms with Crippen molar-refractivity contribution in [2.75, 3.05) is 13.2 Å². The van der Waals surface area contributed by atoms with Crippen molar-refractivity contribution in [3.63, 3.8) is 0 Å². The highest BCUT2D eigenvalue weighted by molar-refractivity contribution is 6.99. The molecule has 1 aliphatic heterocycles. The van der Waals surface area contributed by atoms with Crippen LogP contribution in [0.3, 0.4) is 0 Å². The summed E-state index contributed by atoms with van der Waals surface area (Å²) in [7, 11) is -2.45. The largest absolute Gasteiger partial charge is 0.407 e. The third-order valence-corrected chi connectivity index (χ3v) is 10.3. The van der Waals surface area contributed by atoms with Gasteiger partial charge in [-0.15, -0.1) is 0 Å². The molecule has 1 fully saturated rings. The van der Waals surface area contributed by atoms with Crippen molar-refractivity contribution in [1.29, 1.82) is 0 Å². The van der Waals surface area contributed by atoms with Gasteiger partial charge in [-0.2, -0.15) is 0 Å². The quantitative estimate of drug-likeness (QED) is 0.702. The van der Waals surface area contributed by atoms with E-state index in [1.54, 1.807) is 0 Å². The van der Waals surface area contributed by atoms with E-state index in [0.717, 1.165) is 6.42 Å². The molecular weight excluding hydrogens is 352 g/mol. The van der Waals surface area contributed by atoms with Crippen molar-refractivity contribution in [2.45, 2.75) is 58.0 Å². The Morgan fingerprint density at radius 2 is 1.48 bits per heavy atom. The summed E-state index contributed by atoms with van der Waals surface area (Å²) in [5.74, 6) is -0.484. The number of rotatable bonds is 6. The third kappa shape index (κ3) is 4.35. The number of hydrogen-bond donors (Lipinski definition) is 0. The van der Waals surface area contributed by atoms with E-state index in [9.17, 15) is 0 Å². The molecule has 1 aliphatic rings. The lowest BCUT2D eigenvalue weighted by Gasteiger charge is -2.43. The van der Waals surface area contributed by atoms with Gasteiger partial charge < -0.3 is 13.9 Å². The Hall–Kier alpha value is -1.46. The molecule has 0 aromatic heterocycles. The Labute approximate surface area is 164 Å². The second-order valence-corrected chi connectivity index (χ2v) is 13.1. The Morgan fingerprint density at radius 1 is 0.963 bits per heavy atom. The maximum Gasteiger partial charge on any atom is 0.261 e. The first kappa shape index (κ1) is 20.3. The van der Waals surface area contributed by atoms with Crippen LogP contribution in [-0.4, -0.2) is 33.4 Å². The summed E-state index contributed by atoms with van der Waals surface area (Å²) >= 11 is 0. The minimum Gasteiger partial charge on any atom is -0.407 e. The lowest BCUT2D eigenvalue weighted by atomic mass is 10.2. The molecule has 3 rings (SSSR count). The van der Waals surface area contributed by atoms with E-state index in [1.807, 2.05) is 13.8 Å². The van der Waals surface area contributed by atoms with Gasteiger partial charge in [0.25, 0.3) is 8.32 Å². The SMILES string of the molecule is CC1(C)OC[C@H](CCO[Si](c2ccccc2)(c2ccccc2)C(C)(C)C)O1. The topological polar surface area (TPSA) is 27.7 Å². The number of hydrogen-bond acceptors (Lipinski definition) is 3. The predicted molar refractivity (Wildman–Crippen MR) is 113 cm³/mol. The highest BCUT2D eigenvalue weighted by Crippen LogP contribution is 2.37. The minimum absolute atomic E-state index is 0.00199. The highest BCUT2D eigenvalue weighted by atomic mass is 28.4. The third-order valence-electron chi connectivity index (χ3n) is 5.24. The van der Waals surface area contributed by atoms with Crippen LogP contribution in [0.4, 0.5) is 0 Å². The van der Waals surface area contributed by atoms with E-state index in [1.165, 1.54) is 10.4 Å². The van der Waals surface area contributed by atoms with Gasteiger partial charge in [0.2, 0.25) is 0 Å². The molecule has 1 saturated heterocycles. The first-order chi connectivity index (χ1) is 12.7. The molecule has 0 amide bonds. The molecule has 0 aliphatic carbocycles. The maximum absolute atomic E-state index is 6.90. The van der Waals surface area contributed by atoms with Gasteiger partial charge >= 0.3 is 0 Å². The van der Waals surface area contributed by atoms with Crippen molar-refractivity contribution in [2.24, 2.45) is 0 Å². The summed E-state index contributed by atoms with van der Waals surface area (Å²) in [5, 5.41) is 2.63. The summed E-state index contributed by atoms with van der Waals surface area (Å²) in [6.45, 7) is 12.1. The second-order valence-electron chi connectivity index (χ2n) is 8.75. The highest BCUT2D eigenvalue weighted by Gasteiger charge is 2.50. The zero-order valence-corrected chi connectivity index (χ0v) is 18.2. The first-order valence-corrected chi connectivity index (χ1v) is 11.7. The fourth-order valence-electron chi connectivity index (χ4n) is 4.01. The van der Waals surface area contributed by atoms with Gasteiger partial charge in [0.15, 0.2) is 5.79 Å². The predicted octanol–water partition coefficient (Wildman–Crippen LogP) is 4.10. The molecule has 1 heterocycles. The zero-order chi connectivity index (χ0) is 19.5. The first-order valence-electron chi connectivity index (χ1n) is 9.81. The van der Waals surface area contributed by atoms with Crippen LogP contribution in [0.2, 0.25) is 5.04 Å². The molecule has 3 nitrogen and oxygen atoms in total. The Kier molecular flexibility index (Phi) is 5.92. The van der Waals surface area contributed by atoms with Crippen LogP contribution in [-0.2, 0) is 13.9 Å². The molecule has 4 heteroatoms. The van der Waals surface area contributed by atoms with E-state index in [0.29, 0.717) is 13.2 Å². The van der Waals surface area contributed by atoms with Gasteiger partial charge in [0, 0.05) is 6.61 Å². The van der Waals surface area contributed by atoms with Gasteiger partial charge in [-0.25, -0.2) is 0 Å². The number of benzene rings is 2. The summed E-state index contributed by atoms with van der Waals surface area (Å²) in [6.07, 6.45) is 0.937. The van der Waals surface area contributed by atoms with Crippen LogP contribution in [0.25, 0.3) is 0 Å². The molecule has 0 saturated carbocycles. The normalized spacial score (nSPS) is 20.0. The van der Waals surface area contributed by atoms with Crippen LogP contribution in [0.15, 0.2) is 60.7 Å². The molecule has 27 heavy (non-hydrogen) atoms. The molecule has 0 spiro atoms. The standard InChI is InChI=1S/C23H32O3Si/c1-22(2,3)27(20-12-8-6-9-13-20,21-14-10-7-11-15-21)25-17-16-19-18-24-23(4,5)26-19/h6-15,19H,16-18H2,1-5H3/t19-/m0/s1. The molecule has 2 aromatic carbocycles. The van der Waals surface area contributed by atoms with Gasteiger partial charge in [-0.05, 0) is 35.7 Å². The average molecular weight is 385 g/mol. The maximum atomic E-state index is 6.90. The van der Waals surface area contributed by atoms with Gasteiger partial charge in [-0.3, -0.25) is 0 Å². The van der Waals surface area contributed by atoms with Crippen molar-refractivity contribution in [3.05, 3.63) is 60.7 Å². The summed E-state index contributed by atoms with van der Waals surface area (Å²) in [5.41, 5.74) is 0. The summed E-state index contributed by atoms with van der Waals surface area (Å²) < 4.78 is 18.6. The smallest absolute Gasteiger partial charge is 0.261 e. The van der Waals surface area contributed by atoms with Crippen molar-refractivity contribution in [3.8, 4) is 0 Å². The van der Waals surface area contributed by atoms with E-state index in [4.69, 9.17) is 13.9 Å². The lowest BCUT2D eigenvalue weighted by molar-refractivity contribution is -0.139. The van der Waals surface area contributed by atoms with Crippen molar-refractivity contribution < 1.29 is 13.9 Å². The second kappa shape index (κ2) is 7.88. The van der Waals surface area contributed by atoms with Gasteiger partial charge in [0.05, 0.1) is 12.7 Å². The minimum atomic E-state index is -2.45. The molecule has 146 valence electrons. The fourth-order valence-corrected chi connectivity index (χ4v) is 8.59. The van der Waals surface area contributed by atoms with Crippen molar-refractivity contribution >= 4 is 18.7 Å². The lowest BCUT2D eigenvalue weighted by Crippen LogP contribution is -2.66. The van der Waals surface area contributed by atoms with Crippen LogP contribution in [0.1, 0.15) is 41.0 Å². The van der Waals surface area contributed by atoms with E-state index in [2.05, 4.69) is 81.4 Å². The fraction of sp³-hybridized carbons (Fsp3) is 0.478. The molecule has 2 aromatic rings.